The van der Waals surface area contributed by atoms with Crippen LogP contribution in [-0.2, 0) is 6.54 Å². The number of aromatic nitrogens is 3. The number of nitrogens with one attached hydrogen (secondary N) is 1. The maximum atomic E-state index is 13.0. The second kappa shape index (κ2) is 6.27. The fourth-order valence-corrected chi connectivity index (χ4v) is 1.69. The van der Waals surface area contributed by atoms with Gasteiger partial charge in [-0.3, -0.25) is 9.78 Å². The van der Waals surface area contributed by atoms with Crippen molar-refractivity contribution in [1.82, 2.24) is 14.8 Å². The van der Waals surface area contributed by atoms with Gasteiger partial charge in [0.05, 0.1) is 24.6 Å². The number of anilines is 1. The fourth-order valence-electron chi connectivity index (χ4n) is 1.69. The van der Waals surface area contributed by atoms with Crippen LogP contribution in [0, 0.1) is 11.7 Å². The van der Waals surface area contributed by atoms with Gasteiger partial charge >= 0.3 is 0 Å². The van der Waals surface area contributed by atoms with E-state index in [-0.39, 0.29) is 12.1 Å². The van der Waals surface area contributed by atoms with Crippen LogP contribution >= 0.6 is 0 Å². The Morgan fingerprint density at radius 3 is 2.75 bits per heavy atom. The van der Waals surface area contributed by atoms with Crippen LogP contribution in [0.3, 0.4) is 0 Å². The Balaban J connectivity index is 2.12. The molecule has 0 aliphatic carbocycles. The van der Waals surface area contributed by atoms with Gasteiger partial charge in [-0.1, -0.05) is 13.8 Å². The van der Waals surface area contributed by atoms with Crippen LogP contribution in [0.5, 0.6) is 0 Å². The number of hydrogen-bond acceptors (Lipinski definition) is 4. The third-order valence-corrected chi connectivity index (χ3v) is 2.68. The van der Waals surface area contributed by atoms with Crippen molar-refractivity contribution in [1.29, 1.82) is 0 Å². The molecule has 0 radical (unpaired) electrons. The van der Waals surface area contributed by atoms with Crippen molar-refractivity contribution >= 4 is 5.69 Å². The lowest BCUT2D eigenvalue weighted by atomic mass is 10.2. The Hall–Kier alpha value is -2.24. The lowest BCUT2D eigenvalue weighted by Crippen LogP contribution is -2.23. The van der Waals surface area contributed by atoms with Crippen LogP contribution in [0.1, 0.15) is 19.4 Å². The first-order valence-electron chi connectivity index (χ1n) is 6.45. The smallest absolute Gasteiger partial charge is 0.269 e. The third-order valence-electron chi connectivity index (χ3n) is 2.68. The van der Waals surface area contributed by atoms with Gasteiger partial charge in [-0.25, -0.2) is 9.07 Å². The first-order chi connectivity index (χ1) is 9.54. The van der Waals surface area contributed by atoms with Gasteiger partial charge in [-0.15, -0.1) is 0 Å². The molecule has 2 heterocycles. The lowest BCUT2D eigenvalue weighted by molar-refractivity contribution is 0.603. The summed E-state index contributed by atoms with van der Waals surface area (Å²) in [5.74, 6) is 0.0570. The summed E-state index contributed by atoms with van der Waals surface area (Å²) in [4.78, 5) is 15.7. The normalized spacial score (nSPS) is 10.8. The zero-order chi connectivity index (χ0) is 14.5. The summed E-state index contributed by atoms with van der Waals surface area (Å²) in [5, 5.41) is 7.21. The van der Waals surface area contributed by atoms with E-state index < -0.39 is 5.82 Å². The molecule has 0 amide bonds. The average molecular weight is 276 g/mol. The first-order valence-corrected chi connectivity index (χ1v) is 6.45. The summed E-state index contributed by atoms with van der Waals surface area (Å²) in [6.07, 6.45) is 4.23. The molecule has 0 aliphatic rings. The Labute approximate surface area is 116 Å². The largest absolute Gasteiger partial charge is 0.383 e. The highest BCUT2D eigenvalue weighted by molar-refractivity contribution is 5.38. The highest BCUT2D eigenvalue weighted by Crippen LogP contribution is 2.04. The van der Waals surface area contributed by atoms with Gasteiger partial charge < -0.3 is 5.32 Å². The van der Waals surface area contributed by atoms with E-state index in [1.165, 1.54) is 23.0 Å². The van der Waals surface area contributed by atoms with Gasteiger partial charge in [-0.05, 0) is 17.5 Å². The number of nitrogens with zero attached hydrogens (tertiary/aromatic N) is 3. The molecule has 0 aromatic carbocycles. The van der Waals surface area contributed by atoms with E-state index in [0.29, 0.717) is 17.2 Å². The number of halogens is 1. The zero-order valence-electron chi connectivity index (χ0n) is 11.5. The number of rotatable bonds is 5. The number of pyridine rings is 1. The molecule has 2 aromatic rings. The van der Waals surface area contributed by atoms with Gasteiger partial charge in [0.2, 0.25) is 0 Å². The predicted octanol–water partition coefficient (Wildman–Crippen LogP) is 1.89. The Morgan fingerprint density at radius 2 is 2.10 bits per heavy atom. The van der Waals surface area contributed by atoms with Gasteiger partial charge in [0.1, 0.15) is 5.82 Å². The quantitative estimate of drug-likeness (QED) is 0.906. The van der Waals surface area contributed by atoms with E-state index >= 15 is 0 Å². The molecular formula is C14H17FN4O. The van der Waals surface area contributed by atoms with Gasteiger partial charge in [0.15, 0.2) is 0 Å². The van der Waals surface area contributed by atoms with Gasteiger partial charge in [0, 0.05) is 18.8 Å². The first kappa shape index (κ1) is 14.2. The molecule has 0 saturated carbocycles. The Kier molecular flexibility index (Phi) is 4.45. The van der Waals surface area contributed by atoms with Crippen molar-refractivity contribution < 1.29 is 4.39 Å². The zero-order valence-corrected chi connectivity index (χ0v) is 11.5. The van der Waals surface area contributed by atoms with E-state index in [9.17, 15) is 9.18 Å². The van der Waals surface area contributed by atoms with Crippen LogP contribution in [0.4, 0.5) is 10.1 Å². The van der Waals surface area contributed by atoms with Crippen molar-refractivity contribution in [2.45, 2.75) is 20.4 Å². The molecule has 6 heteroatoms. The molecular weight excluding hydrogens is 259 g/mol. The molecule has 0 unspecified atom stereocenters. The molecule has 0 atom stereocenters. The topological polar surface area (TPSA) is 59.8 Å². The standard InChI is InChI=1S/C14H17FN4O/c1-10(2)5-17-13-4-14(20)19(18-8-13)9-11-3-12(15)7-16-6-11/h3-4,6-8,10,17H,5,9H2,1-2H3. The van der Waals surface area contributed by atoms with E-state index in [1.807, 2.05) is 0 Å². The molecule has 0 spiro atoms. The number of hydrogen-bond donors (Lipinski definition) is 1. The Bertz CT molecular complexity index is 639. The molecule has 20 heavy (non-hydrogen) atoms. The van der Waals surface area contributed by atoms with Crippen molar-refractivity contribution in [3.63, 3.8) is 0 Å². The summed E-state index contributed by atoms with van der Waals surface area (Å²) >= 11 is 0. The fraction of sp³-hybridized carbons (Fsp3) is 0.357. The molecule has 0 aliphatic heterocycles. The molecule has 5 nitrogen and oxygen atoms in total. The van der Waals surface area contributed by atoms with Gasteiger partial charge in [0.25, 0.3) is 5.56 Å². The van der Waals surface area contributed by atoms with E-state index in [0.717, 1.165) is 12.7 Å². The minimum absolute atomic E-state index is 0.202. The van der Waals surface area contributed by atoms with Crippen molar-refractivity contribution in [3.05, 3.63) is 52.5 Å². The lowest BCUT2D eigenvalue weighted by Gasteiger charge is -2.09. The SMILES string of the molecule is CC(C)CNc1cnn(Cc2cncc(F)c2)c(=O)c1. The molecule has 0 bridgehead atoms. The van der Waals surface area contributed by atoms with Crippen molar-refractivity contribution in [2.24, 2.45) is 5.92 Å². The molecule has 0 saturated heterocycles. The second-order valence-corrected chi connectivity index (χ2v) is 5.03. The summed E-state index contributed by atoms with van der Waals surface area (Å²) < 4.78 is 14.3. The summed E-state index contributed by atoms with van der Waals surface area (Å²) in [6, 6.07) is 2.83. The average Bonchev–Trinajstić information content (AvgIpc) is 2.39. The van der Waals surface area contributed by atoms with E-state index in [1.54, 1.807) is 6.20 Å². The highest BCUT2D eigenvalue weighted by atomic mass is 19.1. The van der Waals surface area contributed by atoms with Crippen LogP contribution < -0.4 is 10.9 Å². The highest BCUT2D eigenvalue weighted by Gasteiger charge is 2.03. The summed E-state index contributed by atoms with van der Waals surface area (Å²) in [7, 11) is 0. The monoisotopic (exact) mass is 276 g/mol. The molecule has 106 valence electrons. The molecule has 0 fully saturated rings. The summed E-state index contributed by atoms with van der Waals surface area (Å²) in [5.41, 5.74) is 1.06. The second-order valence-electron chi connectivity index (χ2n) is 5.03. The maximum Gasteiger partial charge on any atom is 0.269 e. The third kappa shape index (κ3) is 3.88. The molecule has 1 N–H and O–H groups in total. The molecule has 2 aromatic heterocycles. The van der Waals surface area contributed by atoms with Crippen LogP contribution in [-0.4, -0.2) is 21.3 Å². The molecule has 2 rings (SSSR count). The van der Waals surface area contributed by atoms with Gasteiger partial charge in [-0.2, -0.15) is 5.10 Å². The van der Waals surface area contributed by atoms with Crippen molar-refractivity contribution in [3.8, 4) is 0 Å². The van der Waals surface area contributed by atoms with Crippen LogP contribution in [0.2, 0.25) is 0 Å². The van der Waals surface area contributed by atoms with Crippen LogP contribution in [0.25, 0.3) is 0 Å². The Morgan fingerprint density at radius 1 is 1.30 bits per heavy atom. The van der Waals surface area contributed by atoms with Crippen molar-refractivity contribution in [2.75, 3.05) is 11.9 Å². The van der Waals surface area contributed by atoms with Crippen LogP contribution in [0.15, 0.2) is 35.5 Å². The van der Waals surface area contributed by atoms with E-state index in [4.69, 9.17) is 0 Å². The minimum atomic E-state index is -0.425. The maximum absolute atomic E-state index is 13.0. The summed E-state index contributed by atoms with van der Waals surface area (Å²) in [6.45, 7) is 5.14. The van der Waals surface area contributed by atoms with E-state index in [2.05, 4.69) is 29.2 Å². The minimum Gasteiger partial charge on any atom is -0.383 e. The predicted molar refractivity (Wildman–Crippen MR) is 75.1 cm³/mol.